The van der Waals surface area contributed by atoms with Crippen LogP contribution in [-0.4, -0.2) is 46.4 Å². The van der Waals surface area contributed by atoms with Gasteiger partial charge in [0.1, 0.15) is 0 Å². The number of morpholine rings is 1. The fourth-order valence-electron chi connectivity index (χ4n) is 2.33. The average Bonchev–Trinajstić information content (AvgIpc) is 2.36. The summed E-state index contributed by atoms with van der Waals surface area (Å²) >= 11 is 0. The highest BCUT2D eigenvalue weighted by Crippen LogP contribution is 2.30. The molecule has 7 nitrogen and oxygen atoms in total. The van der Waals surface area contributed by atoms with Gasteiger partial charge < -0.3 is 14.7 Å². The van der Waals surface area contributed by atoms with Gasteiger partial charge >= 0.3 is 5.69 Å². The Labute approximate surface area is 111 Å². The van der Waals surface area contributed by atoms with Crippen molar-refractivity contribution in [1.29, 1.82) is 0 Å². The molecule has 0 saturated carbocycles. The Morgan fingerprint density at radius 3 is 3.05 bits per heavy atom. The fraction of sp³-hybridized carbons (Fsp3) is 0.583. The first-order valence-electron chi connectivity index (χ1n) is 6.06. The van der Waals surface area contributed by atoms with E-state index in [0.717, 1.165) is 0 Å². The molecule has 104 valence electrons. The first-order valence-corrected chi connectivity index (χ1v) is 6.06. The molecule has 0 amide bonds. The van der Waals surface area contributed by atoms with Crippen molar-refractivity contribution in [2.45, 2.75) is 25.6 Å². The summed E-state index contributed by atoms with van der Waals surface area (Å²) in [6, 6.07) is 2.97. The number of rotatable bonds is 3. The summed E-state index contributed by atoms with van der Waals surface area (Å²) in [5.41, 5.74) is -0.520. The van der Waals surface area contributed by atoms with E-state index < -0.39 is 10.5 Å². The smallest absolute Gasteiger partial charge is 0.311 e. The summed E-state index contributed by atoms with van der Waals surface area (Å²) in [5.74, 6) is 0.322. The molecule has 1 aliphatic rings. The molecule has 0 radical (unpaired) electrons. The van der Waals surface area contributed by atoms with Crippen LogP contribution in [0.2, 0.25) is 0 Å². The van der Waals surface area contributed by atoms with Crippen LogP contribution in [0, 0.1) is 10.1 Å². The van der Waals surface area contributed by atoms with Gasteiger partial charge in [0.25, 0.3) is 0 Å². The van der Waals surface area contributed by atoms with E-state index in [4.69, 9.17) is 4.74 Å². The molecule has 0 aromatic carbocycles. The Morgan fingerprint density at radius 2 is 2.42 bits per heavy atom. The van der Waals surface area contributed by atoms with Crippen LogP contribution in [0.5, 0.6) is 0 Å². The lowest BCUT2D eigenvalue weighted by molar-refractivity contribution is -0.384. The lowest BCUT2D eigenvalue weighted by Gasteiger charge is -2.42. The summed E-state index contributed by atoms with van der Waals surface area (Å²) in [6.07, 6.45) is 1.16. The van der Waals surface area contributed by atoms with Crippen molar-refractivity contribution in [3.63, 3.8) is 0 Å². The molecular weight excluding hydrogens is 250 g/mol. The van der Waals surface area contributed by atoms with Crippen LogP contribution in [-0.2, 0) is 4.74 Å². The maximum absolute atomic E-state index is 11.0. The van der Waals surface area contributed by atoms with Crippen LogP contribution in [0.4, 0.5) is 11.5 Å². The number of ether oxygens (including phenoxy) is 1. The highest BCUT2D eigenvalue weighted by Gasteiger charge is 2.36. The van der Waals surface area contributed by atoms with Gasteiger partial charge in [-0.2, -0.15) is 0 Å². The Bertz CT molecular complexity index is 478. The Hall–Kier alpha value is -1.73. The number of anilines is 1. The molecular formula is C12H17N3O4. The van der Waals surface area contributed by atoms with Crippen molar-refractivity contribution in [3.8, 4) is 0 Å². The van der Waals surface area contributed by atoms with E-state index in [-0.39, 0.29) is 18.4 Å². The second kappa shape index (κ2) is 5.10. The minimum atomic E-state index is -0.489. The van der Waals surface area contributed by atoms with E-state index in [0.29, 0.717) is 18.9 Å². The van der Waals surface area contributed by atoms with Gasteiger partial charge in [-0.05, 0) is 19.9 Å². The zero-order valence-electron chi connectivity index (χ0n) is 10.9. The lowest BCUT2D eigenvalue weighted by Crippen LogP contribution is -2.54. The lowest BCUT2D eigenvalue weighted by atomic mass is 10.1. The van der Waals surface area contributed by atoms with Crippen molar-refractivity contribution >= 4 is 11.5 Å². The SMILES string of the molecule is CC1(C)CN(c2ncccc2[N+](=O)[O-])CC(CO)O1. The molecule has 19 heavy (non-hydrogen) atoms. The number of hydrogen-bond acceptors (Lipinski definition) is 6. The van der Waals surface area contributed by atoms with E-state index in [1.165, 1.54) is 18.3 Å². The predicted molar refractivity (Wildman–Crippen MR) is 69.1 cm³/mol. The topological polar surface area (TPSA) is 88.7 Å². The molecule has 0 spiro atoms. The van der Waals surface area contributed by atoms with Gasteiger partial charge in [-0.25, -0.2) is 4.98 Å². The third-order valence-electron chi connectivity index (χ3n) is 2.95. The molecule has 1 aromatic heterocycles. The highest BCUT2D eigenvalue weighted by molar-refractivity contribution is 5.57. The Morgan fingerprint density at radius 1 is 1.68 bits per heavy atom. The normalized spacial score (nSPS) is 22.3. The molecule has 1 atom stereocenters. The molecule has 1 N–H and O–H groups in total. The van der Waals surface area contributed by atoms with E-state index in [9.17, 15) is 15.2 Å². The van der Waals surface area contributed by atoms with Crippen LogP contribution in [0.1, 0.15) is 13.8 Å². The Balaban J connectivity index is 2.33. The minimum absolute atomic E-state index is 0.0307. The molecule has 1 unspecified atom stereocenters. The van der Waals surface area contributed by atoms with E-state index in [1.54, 1.807) is 4.90 Å². The predicted octanol–water partition coefficient (Wildman–Crippen LogP) is 0.966. The second-order valence-electron chi connectivity index (χ2n) is 5.17. The molecule has 1 fully saturated rings. The quantitative estimate of drug-likeness (QED) is 0.648. The van der Waals surface area contributed by atoms with Crippen LogP contribution in [0.25, 0.3) is 0 Å². The minimum Gasteiger partial charge on any atom is -0.394 e. The van der Waals surface area contributed by atoms with Crippen molar-refractivity contribution in [3.05, 3.63) is 28.4 Å². The van der Waals surface area contributed by atoms with E-state index >= 15 is 0 Å². The van der Waals surface area contributed by atoms with Crippen molar-refractivity contribution in [1.82, 2.24) is 4.98 Å². The fourth-order valence-corrected chi connectivity index (χ4v) is 2.33. The molecule has 1 saturated heterocycles. The first-order chi connectivity index (χ1) is 8.93. The second-order valence-corrected chi connectivity index (χ2v) is 5.17. The molecule has 2 rings (SSSR count). The number of nitrogens with zero attached hydrogens (tertiary/aromatic N) is 3. The number of aromatic nitrogens is 1. The molecule has 1 aromatic rings. The average molecular weight is 267 g/mol. The number of hydrogen-bond donors (Lipinski definition) is 1. The van der Waals surface area contributed by atoms with Gasteiger partial charge in [-0.15, -0.1) is 0 Å². The van der Waals surface area contributed by atoms with Gasteiger partial charge in [0.05, 0.1) is 23.2 Å². The third-order valence-corrected chi connectivity index (χ3v) is 2.95. The summed E-state index contributed by atoms with van der Waals surface area (Å²) < 4.78 is 5.69. The number of aliphatic hydroxyl groups is 1. The van der Waals surface area contributed by atoms with Crippen LogP contribution >= 0.6 is 0 Å². The van der Waals surface area contributed by atoms with Crippen LogP contribution in [0.15, 0.2) is 18.3 Å². The monoisotopic (exact) mass is 267 g/mol. The summed E-state index contributed by atoms with van der Waals surface area (Å²) in [4.78, 5) is 16.5. The number of pyridine rings is 1. The maximum Gasteiger partial charge on any atom is 0.311 e. The molecule has 1 aliphatic heterocycles. The van der Waals surface area contributed by atoms with Gasteiger partial charge in [-0.1, -0.05) is 0 Å². The molecule has 0 bridgehead atoms. The van der Waals surface area contributed by atoms with Gasteiger partial charge in [-0.3, -0.25) is 10.1 Å². The van der Waals surface area contributed by atoms with Crippen LogP contribution < -0.4 is 4.90 Å². The van der Waals surface area contributed by atoms with Crippen LogP contribution in [0.3, 0.4) is 0 Å². The summed E-state index contributed by atoms with van der Waals surface area (Å²) in [7, 11) is 0. The zero-order chi connectivity index (χ0) is 14.0. The van der Waals surface area contributed by atoms with Gasteiger partial charge in [0, 0.05) is 25.4 Å². The summed E-state index contributed by atoms with van der Waals surface area (Å²) in [5, 5.41) is 20.3. The van der Waals surface area contributed by atoms with Gasteiger partial charge in [0.2, 0.25) is 5.82 Å². The maximum atomic E-state index is 11.0. The van der Waals surface area contributed by atoms with Crippen molar-refractivity contribution in [2.75, 3.05) is 24.6 Å². The molecule has 7 heteroatoms. The van der Waals surface area contributed by atoms with Gasteiger partial charge in [0.15, 0.2) is 0 Å². The van der Waals surface area contributed by atoms with Crippen molar-refractivity contribution in [2.24, 2.45) is 0 Å². The number of aliphatic hydroxyl groups excluding tert-OH is 1. The molecule has 0 aliphatic carbocycles. The first kappa shape index (κ1) is 13.7. The number of nitro groups is 1. The zero-order valence-corrected chi connectivity index (χ0v) is 10.9. The summed E-state index contributed by atoms with van der Waals surface area (Å²) in [6.45, 7) is 4.52. The highest BCUT2D eigenvalue weighted by atomic mass is 16.6. The van der Waals surface area contributed by atoms with E-state index in [2.05, 4.69) is 4.98 Å². The van der Waals surface area contributed by atoms with E-state index in [1.807, 2.05) is 13.8 Å². The Kier molecular flexibility index (Phi) is 3.68. The largest absolute Gasteiger partial charge is 0.394 e. The third kappa shape index (κ3) is 2.99. The molecule has 2 heterocycles. The van der Waals surface area contributed by atoms with Crippen molar-refractivity contribution < 1.29 is 14.8 Å². The standard InChI is InChI=1S/C12H17N3O4/c1-12(2)8-14(6-9(7-16)19-12)11-10(15(17)18)4-3-5-13-11/h3-5,9,16H,6-8H2,1-2H3.